The van der Waals surface area contributed by atoms with Gasteiger partial charge in [0.05, 0.1) is 6.61 Å². The van der Waals surface area contributed by atoms with Crippen LogP contribution >= 0.6 is 15.9 Å². The fourth-order valence-corrected chi connectivity index (χ4v) is 1.58. The molecule has 0 fully saturated rings. The van der Waals surface area contributed by atoms with E-state index < -0.39 is 11.6 Å². The minimum absolute atomic E-state index is 0.0922. The molecule has 3 nitrogen and oxygen atoms in total. The van der Waals surface area contributed by atoms with E-state index in [4.69, 9.17) is 9.47 Å². The standard InChI is InChI=1S/C11H14BrF2NO2/c1-16-4-2-15-3-5-17-10-7-8(12)6-9(13)11(10)14/h6-7,15H,2-5H2,1H3. The zero-order valence-corrected chi connectivity index (χ0v) is 11.0. The van der Waals surface area contributed by atoms with Crippen molar-refractivity contribution in [2.45, 2.75) is 0 Å². The van der Waals surface area contributed by atoms with E-state index in [9.17, 15) is 8.78 Å². The van der Waals surface area contributed by atoms with Crippen LogP contribution in [0, 0.1) is 11.6 Å². The van der Waals surface area contributed by atoms with E-state index in [1.807, 2.05) is 0 Å². The summed E-state index contributed by atoms with van der Waals surface area (Å²) in [6.45, 7) is 2.09. The van der Waals surface area contributed by atoms with Crippen molar-refractivity contribution in [1.82, 2.24) is 5.32 Å². The quantitative estimate of drug-likeness (QED) is 0.619. The summed E-state index contributed by atoms with van der Waals surface area (Å²) in [5.41, 5.74) is 0. The molecule has 1 aromatic rings. The first-order valence-corrected chi connectivity index (χ1v) is 5.91. The maximum absolute atomic E-state index is 13.3. The predicted octanol–water partition coefficient (Wildman–Crippen LogP) is 2.34. The second-order valence-electron chi connectivity index (χ2n) is 3.29. The lowest BCUT2D eigenvalue weighted by molar-refractivity contribution is 0.196. The molecule has 0 aromatic heterocycles. The van der Waals surface area contributed by atoms with Crippen LogP contribution < -0.4 is 10.1 Å². The van der Waals surface area contributed by atoms with Crippen molar-refractivity contribution in [3.8, 4) is 5.75 Å². The van der Waals surface area contributed by atoms with E-state index in [-0.39, 0.29) is 12.4 Å². The van der Waals surface area contributed by atoms with Gasteiger partial charge < -0.3 is 14.8 Å². The van der Waals surface area contributed by atoms with E-state index >= 15 is 0 Å². The van der Waals surface area contributed by atoms with Crippen LogP contribution in [0.2, 0.25) is 0 Å². The number of benzene rings is 1. The van der Waals surface area contributed by atoms with Crippen molar-refractivity contribution in [2.24, 2.45) is 0 Å². The Morgan fingerprint density at radius 1 is 1.24 bits per heavy atom. The highest BCUT2D eigenvalue weighted by molar-refractivity contribution is 9.10. The van der Waals surface area contributed by atoms with Gasteiger partial charge in [-0.25, -0.2) is 4.39 Å². The first-order chi connectivity index (χ1) is 8.15. The van der Waals surface area contributed by atoms with Gasteiger partial charge in [0.1, 0.15) is 6.61 Å². The zero-order valence-electron chi connectivity index (χ0n) is 9.43. The zero-order chi connectivity index (χ0) is 12.7. The molecule has 0 aliphatic rings. The number of nitrogens with one attached hydrogen (secondary N) is 1. The fourth-order valence-electron chi connectivity index (χ4n) is 1.17. The molecule has 0 radical (unpaired) electrons. The second kappa shape index (κ2) is 7.58. The van der Waals surface area contributed by atoms with Crippen LogP contribution in [0.3, 0.4) is 0 Å². The molecule has 0 saturated carbocycles. The Morgan fingerprint density at radius 2 is 1.94 bits per heavy atom. The van der Waals surface area contributed by atoms with E-state index in [0.29, 0.717) is 24.2 Å². The topological polar surface area (TPSA) is 30.5 Å². The molecule has 0 aliphatic heterocycles. The maximum atomic E-state index is 13.3. The molecule has 1 aromatic carbocycles. The van der Waals surface area contributed by atoms with Crippen LogP contribution in [-0.2, 0) is 4.74 Å². The Hall–Kier alpha value is -0.720. The van der Waals surface area contributed by atoms with E-state index in [1.54, 1.807) is 7.11 Å². The third kappa shape index (κ3) is 4.97. The van der Waals surface area contributed by atoms with E-state index in [1.165, 1.54) is 6.07 Å². The average Bonchev–Trinajstić information content (AvgIpc) is 2.29. The van der Waals surface area contributed by atoms with Gasteiger partial charge in [-0.15, -0.1) is 0 Å². The molecular weight excluding hydrogens is 296 g/mol. The van der Waals surface area contributed by atoms with Gasteiger partial charge in [0.15, 0.2) is 11.6 Å². The summed E-state index contributed by atoms with van der Waals surface area (Å²) in [4.78, 5) is 0. The molecule has 1 rings (SSSR count). The van der Waals surface area contributed by atoms with Gasteiger partial charge in [-0.1, -0.05) is 15.9 Å². The molecule has 0 atom stereocenters. The number of rotatable bonds is 7. The second-order valence-corrected chi connectivity index (χ2v) is 4.21. The van der Waals surface area contributed by atoms with Crippen molar-refractivity contribution < 1.29 is 18.3 Å². The maximum Gasteiger partial charge on any atom is 0.200 e. The molecule has 96 valence electrons. The fraction of sp³-hybridized carbons (Fsp3) is 0.455. The SMILES string of the molecule is COCCNCCOc1cc(Br)cc(F)c1F. The Kier molecular flexibility index (Phi) is 6.39. The molecule has 1 N–H and O–H groups in total. The molecular formula is C11H14BrF2NO2. The van der Waals surface area contributed by atoms with Gasteiger partial charge in [-0.3, -0.25) is 0 Å². The van der Waals surface area contributed by atoms with Crippen molar-refractivity contribution in [1.29, 1.82) is 0 Å². The Morgan fingerprint density at radius 3 is 2.65 bits per heavy atom. The minimum atomic E-state index is -0.968. The first kappa shape index (κ1) is 14.3. The molecule has 0 saturated heterocycles. The van der Waals surface area contributed by atoms with Gasteiger partial charge in [-0.2, -0.15) is 4.39 Å². The summed E-state index contributed by atoms with van der Waals surface area (Å²) in [7, 11) is 1.61. The van der Waals surface area contributed by atoms with Crippen LogP contribution in [0.4, 0.5) is 8.78 Å². The minimum Gasteiger partial charge on any atom is -0.489 e. The molecule has 0 unspecified atom stereocenters. The summed E-state index contributed by atoms with van der Waals surface area (Å²) < 4.78 is 36.7. The lowest BCUT2D eigenvalue weighted by Crippen LogP contribution is -2.24. The molecule has 0 spiro atoms. The summed E-state index contributed by atoms with van der Waals surface area (Å²) in [6, 6.07) is 2.45. The van der Waals surface area contributed by atoms with Gasteiger partial charge in [0.2, 0.25) is 5.82 Å². The van der Waals surface area contributed by atoms with Crippen LogP contribution in [0.15, 0.2) is 16.6 Å². The first-order valence-electron chi connectivity index (χ1n) is 5.12. The lowest BCUT2D eigenvalue weighted by Gasteiger charge is -2.09. The number of hydrogen-bond acceptors (Lipinski definition) is 3. The average molecular weight is 310 g/mol. The number of halogens is 3. The predicted molar refractivity (Wildman–Crippen MR) is 64.3 cm³/mol. The van der Waals surface area contributed by atoms with Crippen molar-refractivity contribution >= 4 is 15.9 Å². The molecule has 0 bridgehead atoms. The summed E-state index contributed by atoms with van der Waals surface area (Å²) in [5.74, 6) is -1.99. The smallest absolute Gasteiger partial charge is 0.200 e. The van der Waals surface area contributed by atoms with Crippen LogP contribution in [0.25, 0.3) is 0 Å². The number of methoxy groups -OCH3 is 1. The Bertz CT molecular complexity index is 364. The largest absolute Gasteiger partial charge is 0.489 e. The molecule has 17 heavy (non-hydrogen) atoms. The van der Waals surface area contributed by atoms with Crippen LogP contribution in [0.5, 0.6) is 5.75 Å². The van der Waals surface area contributed by atoms with Gasteiger partial charge in [0.25, 0.3) is 0 Å². The normalized spacial score (nSPS) is 10.6. The van der Waals surface area contributed by atoms with Gasteiger partial charge >= 0.3 is 0 Å². The van der Waals surface area contributed by atoms with Crippen molar-refractivity contribution in [3.05, 3.63) is 28.2 Å². The highest BCUT2D eigenvalue weighted by atomic mass is 79.9. The number of hydrogen-bond donors (Lipinski definition) is 1. The highest BCUT2D eigenvalue weighted by Crippen LogP contribution is 2.25. The molecule has 6 heteroatoms. The van der Waals surface area contributed by atoms with Crippen LogP contribution in [-0.4, -0.2) is 33.4 Å². The van der Waals surface area contributed by atoms with E-state index in [0.717, 1.165) is 6.07 Å². The van der Waals surface area contributed by atoms with Crippen LogP contribution in [0.1, 0.15) is 0 Å². The third-order valence-electron chi connectivity index (χ3n) is 1.98. The molecule has 0 aliphatic carbocycles. The molecule has 0 amide bonds. The Balaban J connectivity index is 2.36. The number of ether oxygens (including phenoxy) is 2. The van der Waals surface area contributed by atoms with Gasteiger partial charge in [-0.05, 0) is 12.1 Å². The monoisotopic (exact) mass is 309 g/mol. The van der Waals surface area contributed by atoms with Gasteiger partial charge in [0, 0.05) is 24.7 Å². The Labute approximate surface area is 107 Å². The molecule has 0 heterocycles. The third-order valence-corrected chi connectivity index (χ3v) is 2.44. The van der Waals surface area contributed by atoms with E-state index in [2.05, 4.69) is 21.2 Å². The summed E-state index contributed by atoms with van der Waals surface area (Å²) in [5, 5.41) is 3.03. The highest BCUT2D eigenvalue weighted by Gasteiger charge is 2.10. The summed E-state index contributed by atoms with van der Waals surface area (Å²) in [6.07, 6.45) is 0. The van der Waals surface area contributed by atoms with Crippen molar-refractivity contribution in [3.63, 3.8) is 0 Å². The van der Waals surface area contributed by atoms with Crippen molar-refractivity contribution in [2.75, 3.05) is 33.4 Å². The summed E-state index contributed by atoms with van der Waals surface area (Å²) >= 11 is 3.07. The lowest BCUT2D eigenvalue weighted by atomic mass is 10.3.